The first-order valence-corrected chi connectivity index (χ1v) is 9.60. The molecular weight excluding hydrogens is 340 g/mol. The average Bonchev–Trinajstić information content (AvgIpc) is 2.84. The number of carbonyl (C=O) groups excluding carboxylic acids is 1. The van der Waals surface area contributed by atoms with Gasteiger partial charge in [-0.25, -0.2) is 0 Å². The predicted octanol–water partition coefficient (Wildman–Crippen LogP) is 2.32. The lowest BCUT2D eigenvalue weighted by atomic mass is 10.1. The number of amides is 1. The lowest BCUT2D eigenvalue weighted by Gasteiger charge is -2.22. The zero-order chi connectivity index (χ0) is 19.4. The van der Waals surface area contributed by atoms with Crippen LogP contribution in [0.25, 0.3) is 0 Å². The molecule has 0 spiro atoms. The average molecular weight is 370 g/mol. The molecule has 1 aromatic heterocycles. The van der Waals surface area contributed by atoms with Crippen LogP contribution in [0.2, 0.25) is 0 Å². The summed E-state index contributed by atoms with van der Waals surface area (Å²) in [5, 5.41) is 4.43. The molecule has 27 heavy (non-hydrogen) atoms. The Morgan fingerprint density at radius 3 is 2.48 bits per heavy atom. The molecule has 0 N–H and O–H groups in total. The van der Waals surface area contributed by atoms with Crippen LogP contribution < -0.4 is 4.74 Å². The van der Waals surface area contributed by atoms with Gasteiger partial charge in [-0.2, -0.15) is 5.10 Å². The lowest BCUT2D eigenvalue weighted by molar-refractivity contribution is -0.130. The molecule has 3 rings (SSSR count). The summed E-state index contributed by atoms with van der Waals surface area (Å²) < 4.78 is 7.08. The highest BCUT2D eigenvalue weighted by atomic mass is 16.5. The molecule has 1 aromatic carbocycles. The van der Waals surface area contributed by atoms with Crippen molar-refractivity contribution in [2.45, 2.75) is 33.2 Å². The van der Waals surface area contributed by atoms with Gasteiger partial charge in [0.15, 0.2) is 0 Å². The van der Waals surface area contributed by atoms with Crippen LogP contribution in [0.5, 0.6) is 5.75 Å². The Hall–Kier alpha value is -2.34. The summed E-state index contributed by atoms with van der Waals surface area (Å²) in [4.78, 5) is 17.3. The second-order valence-electron chi connectivity index (χ2n) is 7.31. The summed E-state index contributed by atoms with van der Waals surface area (Å²) in [6.45, 7) is 8.45. The van der Waals surface area contributed by atoms with Crippen LogP contribution in [-0.4, -0.2) is 58.8 Å². The molecule has 0 unspecified atom stereocenters. The van der Waals surface area contributed by atoms with Gasteiger partial charge in [0.25, 0.3) is 0 Å². The molecule has 1 fully saturated rings. The summed E-state index contributed by atoms with van der Waals surface area (Å²) in [7, 11) is 3.61. The molecule has 6 heteroatoms. The maximum absolute atomic E-state index is 12.8. The van der Waals surface area contributed by atoms with Gasteiger partial charge >= 0.3 is 0 Å². The molecular formula is C21H30N4O2. The van der Waals surface area contributed by atoms with E-state index in [1.165, 1.54) is 5.56 Å². The molecule has 0 saturated carbocycles. The Morgan fingerprint density at radius 2 is 1.85 bits per heavy atom. The van der Waals surface area contributed by atoms with Crippen molar-refractivity contribution in [3.63, 3.8) is 0 Å². The number of methoxy groups -OCH3 is 1. The number of rotatable bonds is 5. The maximum atomic E-state index is 12.8. The van der Waals surface area contributed by atoms with E-state index in [-0.39, 0.29) is 5.91 Å². The largest absolute Gasteiger partial charge is 0.497 e. The van der Waals surface area contributed by atoms with Crippen molar-refractivity contribution >= 4 is 5.91 Å². The minimum atomic E-state index is 0.209. The van der Waals surface area contributed by atoms with Gasteiger partial charge in [0.05, 0.1) is 19.2 Å². The molecule has 2 aromatic rings. The minimum Gasteiger partial charge on any atom is -0.497 e. The van der Waals surface area contributed by atoms with Crippen molar-refractivity contribution in [2.75, 3.05) is 33.3 Å². The molecule has 1 aliphatic rings. The zero-order valence-corrected chi connectivity index (χ0v) is 16.9. The van der Waals surface area contributed by atoms with E-state index in [1.54, 1.807) is 7.11 Å². The molecule has 2 heterocycles. The Kier molecular flexibility index (Phi) is 6.16. The van der Waals surface area contributed by atoms with Crippen LogP contribution >= 0.6 is 0 Å². The number of aryl methyl sites for hydroxylation is 2. The van der Waals surface area contributed by atoms with E-state index < -0.39 is 0 Å². The third kappa shape index (κ3) is 4.69. The lowest BCUT2D eigenvalue weighted by Crippen LogP contribution is -2.36. The molecule has 0 radical (unpaired) electrons. The van der Waals surface area contributed by atoms with E-state index in [0.717, 1.165) is 61.8 Å². The monoisotopic (exact) mass is 370 g/mol. The molecule has 6 nitrogen and oxygen atoms in total. The zero-order valence-electron chi connectivity index (χ0n) is 16.9. The molecule has 146 valence electrons. The van der Waals surface area contributed by atoms with E-state index in [1.807, 2.05) is 42.6 Å². The minimum absolute atomic E-state index is 0.209. The number of benzene rings is 1. The molecule has 1 saturated heterocycles. The number of hydrogen-bond acceptors (Lipinski definition) is 4. The highest BCUT2D eigenvalue weighted by Crippen LogP contribution is 2.16. The first-order chi connectivity index (χ1) is 13.0. The summed E-state index contributed by atoms with van der Waals surface area (Å²) in [6, 6.07) is 8.23. The number of hydrogen-bond donors (Lipinski definition) is 0. The van der Waals surface area contributed by atoms with Crippen molar-refractivity contribution in [3.05, 3.63) is 46.8 Å². The molecule has 1 aliphatic heterocycles. The van der Waals surface area contributed by atoms with Crippen molar-refractivity contribution in [1.29, 1.82) is 0 Å². The highest BCUT2D eigenvalue weighted by Gasteiger charge is 2.21. The van der Waals surface area contributed by atoms with Gasteiger partial charge in [0.1, 0.15) is 5.75 Å². The molecule has 0 atom stereocenters. The van der Waals surface area contributed by atoms with E-state index in [0.29, 0.717) is 6.42 Å². The van der Waals surface area contributed by atoms with Gasteiger partial charge in [-0.05, 0) is 38.0 Å². The van der Waals surface area contributed by atoms with E-state index >= 15 is 0 Å². The Bertz CT molecular complexity index is 782. The molecule has 1 amide bonds. The second kappa shape index (κ2) is 8.57. The van der Waals surface area contributed by atoms with Crippen LogP contribution in [0.4, 0.5) is 0 Å². The third-order valence-electron chi connectivity index (χ3n) is 5.49. The number of aromatic nitrogens is 2. The van der Waals surface area contributed by atoms with Crippen LogP contribution in [0, 0.1) is 13.8 Å². The molecule has 0 bridgehead atoms. The Labute approximate surface area is 161 Å². The smallest absolute Gasteiger partial charge is 0.227 e. The summed E-state index contributed by atoms with van der Waals surface area (Å²) >= 11 is 0. The number of nitrogens with zero attached hydrogens (tertiary/aromatic N) is 4. The van der Waals surface area contributed by atoms with Crippen LogP contribution in [-0.2, 0) is 24.8 Å². The first kappa shape index (κ1) is 19.4. The van der Waals surface area contributed by atoms with Crippen LogP contribution in [0.1, 0.15) is 28.9 Å². The Balaban J connectivity index is 1.56. The summed E-state index contributed by atoms with van der Waals surface area (Å²) in [5.41, 5.74) is 4.38. The van der Waals surface area contributed by atoms with Crippen molar-refractivity contribution in [2.24, 2.45) is 7.05 Å². The van der Waals surface area contributed by atoms with E-state index in [2.05, 4.69) is 22.1 Å². The van der Waals surface area contributed by atoms with Crippen molar-refractivity contribution in [3.8, 4) is 5.75 Å². The van der Waals surface area contributed by atoms with Gasteiger partial charge in [0.2, 0.25) is 5.91 Å². The first-order valence-electron chi connectivity index (χ1n) is 9.60. The fraction of sp³-hybridized carbons (Fsp3) is 0.524. The second-order valence-corrected chi connectivity index (χ2v) is 7.31. The Morgan fingerprint density at radius 1 is 1.11 bits per heavy atom. The number of carbonyl (C=O) groups is 1. The van der Waals surface area contributed by atoms with E-state index in [9.17, 15) is 4.79 Å². The van der Waals surface area contributed by atoms with Crippen LogP contribution in [0.15, 0.2) is 24.3 Å². The van der Waals surface area contributed by atoms with Crippen LogP contribution in [0.3, 0.4) is 0 Å². The van der Waals surface area contributed by atoms with Crippen molar-refractivity contribution < 1.29 is 9.53 Å². The van der Waals surface area contributed by atoms with Gasteiger partial charge in [-0.1, -0.05) is 12.1 Å². The SMILES string of the molecule is COc1ccc(CN2CCCN(C(=O)Cc3c(C)nn(C)c3C)CC2)cc1. The third-order valence-corrected chi connectivity index (χ3v) is 5.49. The van der Waals surface area contributed by atoms with Gasteiger partial charge in [0, 0.05) is 51.0 Å². The number of ether oxygens (including phenoxy) is 1. The highest BCUT2D eigenvalue weighted by molar-refractivity contribution is 5.79. The normalized spacial score (nSPS) is 15.6. The summed E-state index contributed by atoms with van der Waals surface area (Å²) in [5.74, 6) is 1.09. The topological polar surface area (TPSA) is 50.6 Å². The van der Waals surface area contributed by atoms with Gasteiger partial charge in [-0.15, -0.1) is 0 Å². The quantitative estimate of drug-likeness (QED) is 0.811. The fourth-order valence-electron chi connectivity index (χ4n) is 3.70. The summed E-state index contributed by atoms with van der Waals surface area (Å²) in [6.07, 6.45) is 1.46. The van der Waals surface area contributed by atoms with Crippen molar-refractivity contribution in [1.82, 2.24) is 19.6 Å². The fourth-order valence-corrected chi connectivity index (χ4v) is 3.70. The van der Waals surface area contributed by atoms with E-state index in [4.69, 9.17) is 4.74 Å². The molecule has 0 aliphatic carbocycles. The predicted molar refractivity (Wildman–Crippen MR) is 106 cm³/mol. The van der Waals surface area contributed by atoms with Gasteiger partial charge < -0.3 is 9.64 Å². The van der Waals surface area contributed by atoms with Gasteiger partial charge in [-0.3, -0.25) is 14.4 Å². The standard InChI is InChI=1S/C21H30N4O2/c1-16-20(17(2)23(3)22-16)14-21(26)25-11-5-10-24(12-13-25)15-18-6-8-19(27-4)9-7-18/h6-9H,5,10-15H2,1-4H3. The maximum Gasteiger partial charge on any atom is 0.227 e.